The van der Waals surface area contributed by atoms with Gasteiger partial charge in [0.1, 0.15) is 6.04 Å². The van der Waals surface area contributed by atoms with E-state index in [0.29, 0.717) is 6.42 Å². The highest BCUT2D eigenvalue weighted by Gasteiger charge is 2.76. The van der Waals surface area contributed by atoms with E-state index in [1.54, 1.807) is 23.7 Å². The van der Waals surface area contributed by atoms with Crippen molar-refractivity contribution in [3.8, 4) is 0 Å². The molecule has 4 rings (SSSR count). The molecule has 0 saturated carbocycles. The van der Waals surface area contributed by atoms with E-state index in [-0.39, 0.29) is 40.3 Å². The van der Waals surface area contributed by atoms with Crippen molar-refractivity contribution in [3.05, 3.63) is 29.3 Å². The van der Waals surface area contributed by atoms with Crippen LogP contribution in [0.4, 0.5) is 5.69 Å². The summed E-state index contributed by atoms with van der Waals surface area (Å²) in [6, 6.07) is 4.62. The second kappa shape index (κ2) is 9.47. The Bertz CT molecular complexity index is 1010. The number of amides is 3. The highest BCUT2D eigenvalue weighted by molar-refractivity contribution is 9.09. The van der Waals surface area contributed by atoms with Gasteiger partial charge in [-0.1, -0.05) is 48.3 Å². The molecule has 2 bridgehead atoms. The third-order valence-electron chi connectivity index (χ3n) is 8.02. The molecule has 0 radical (unpaired) electrons. The summed E-state index contributed by atoms with van der Waals surface area (Å²) in [4.78, 5) is 42.7. The number of nitrogens with zero attached hydrogens (tertiary/aromatic N) is 1. The molecule has 186 valence electrons. The van der Waals surface area contributed by atoms with Crippen molar-refractivity contribution in [2.45, 2.75) is 67.4 Å². The van der Waals surface area contributed by atoms with Crippen LogP contribution in [0.15, 0.2) is 18.2 Å². The zero-order valence-electron chi connectivity index (χ0n) is 20.3. The molecule has 3 fully saturated rings. The molecular weight excluding hydrogens is 518 g/mol. The molecule has 3 unspecified atom stereocenters. The number of thioether (sulfide) groups is 1. The van der Waals surface area contributed by atoms with Crippen LogP contribution in [0.25, 0.3) is 0 Å². The number of halogens is 1. The Morgan fingerprint density at radius 3 is 2.65 bits per heavy atom. The minimum Gasteiger partial charge on any atom is -0.394 e. The van der Waals surface area contributed by atoms with Gasteiger partial charge in [0.25, 0.3) is 0 Å². The van der Waals surface area contributed by atoms with Crippen LogP contribution in [0.2, 0.25) is 0 Å². The summed E-state index contributed by atoms with van der Waals surface area (Å²) >= 11 is 5.36. The standard InChI is InChI=1S/C25H34BrN3O4S/c1-6-13(3)17(11-30)29-21(23(32)28-16-9-12(2)7-8-14(16)4)25-10-15(26)20(34-25)18(22(31)27-5)19(25)24(29)33/h7-9,13,15,17-21,30H,6,10-11H2,1-5H3,(H,27,31)(H,28,32)/t13-,15?,17-,18-,19-,20-,21?,25?/m0/s1. The number of anilines is 1. The van der Waals surface area contributed by atoms with Crippen LogP contribution in [0.3, 0.4) is 0 Å². The Morgan fingerprint density at radius 2 is 2.03 bits per heavy atom. The van der Waals surface area contributed by atoms with Crippen molar-refractivity contribution in [3.63, 3.8) is 0 Å². The van der Waals surface area contributed by atoms with E-state index in [2.05, 4.69) is 26.6 Å². The number of hydrogen-bond acceptors (Lipinski definition) is 5. The van der Waals surface area contributed by atoms with E-state index in [9.17, 15) is 19.5 Å². The number of nitrogens with one attached hydrogen (secondary N) is 2. The number of benzene rings is 1. The Labute approximate surface area is 213 Å². The van der Waals surface area contributed by atoms with Gasteiger partial charge in [0.15, 0.2) is 0 Å². The van der Waals surface area contributed by atoms with Crippen LogP contribution < -0.4 is 10.6 Å². The molecule has 34 heavy (non-hydrogen) atoms. The second-order valence-electron chi connectivity index (χ2n) is 9.97. The molecule has 3 N–H and O–H groups in total. The molecular formula is C25H34BrN3O4S. The highest BCUT2D eigenvalue weighted by atomic mass is 79.9. The lowest BCUT2D eigenvalue weighted by atomic mass is 9.70. The quantitative estimate of drug-likeness (QED) is 0.452. The number of fused-ring (bicyclic) bond motifs is 1. The molecule has 7 nitrogen and oxygen atoms in total. The molecule has 3 saturated heterocycles. The number of aryl methyl sites for hydroxylation is 2. The van der Waals surface area contributed by atoms with E-state index in [0.717, 1.165) is 23.2 Å². The smallest absolute Gasteiger partial charge is 0.248 e. The third-order valence-corrected chi connectivity index (χ3v) is 11.2. The summed E-state index contributed by atoms with van der Waals surface area (Å²) in [6.45, 7) is 7.69. The number of rotatable bonds is 7. The van der Waals surface area contributed by atoms with Crippen LogP contribution in [0, 0.1) is 31.6 Å². The van der Waals surface area contributed by atoms with E-state index in [1.807, 2.05) is 45.9 Å². The van der Waals surface area contributed by atoms with Crippen LogP contribution in [-0.4, -0.2) is 68.3 Å². The normalized spacial score (nSPS) is 33.6. The second-order valence-corrected chi connectivity index (χ2v) is 12.7. The zero-order valence-corrected chi connectivity index (χ0v) is 22.7. The van der Waals surface area contributed by atoms with Crippen LogP contribution in [-0.2, 0) is 14.4 Å². The van der Waals surface area contributed by atoms with E-state index in [1.165, 1.54) is 0 Å². The molecule has 1 aromatic rings. The molecule has 8 atom stereocenters. The third kappa shape index (κ3) is 3.78. The fourth-order valence-corrected chi connectivity index (χ4v) is 9.68. The van der Waals surface area contributed by atoms with Gasteiger partial charge >= 0.3 is 0 Å². The largest absolute Gasteiger partial charge is 0.394 e. The topological polar surface area (TPSA) is 98.7 Å². The Hall–Kier alpha value is -1.58. The van der Waals surface area contributed by atoms with Crippen LogP contribution >= 0.6 is 27.7 Å². The maximum atomic E-state index is 14.0. The van der Waals surface area contributed by atoms with Crippen molar-refractivity contribution in [1.29, 1.82) is 0 Å². The van der Waals surface area contributed by atoms with Gasteiger partial charge in [0.05, 0.1) is 29.2 Å². The predicted octanol–water partition coefficient (Wildman–Crippen LogP) is 2.86. The minimum atomic E-state index is -0.777. The molecule has 3 amide bonds. The Kier molecular flexibility index (Phi) is 7.10. The SMILES string of the molecule is CC[C@H](C)[C@H](CO)N1C(=O)[C@@H]2[C@H](C(=O)NC)[C@H]3SC2(CC3Br)C1C(=O)Nc1cc(C)ccc1C. The number of aliphatic hydroxyl groups is 1. The van der Waals surface area contributed by atoms with Crippen LogP contribution in [0.5, 0.6) is 0 Å². The average molecular weight is 553 g/mol. The number of carbonyl (C=O) groups excluding carboxylic acids is 3. The van der Waals surface area contributed by atoms with Gasteiger partial charge < -0.3 is 20.6 Å². The molecule has 9 heteroatoms. The van der Waals surface area contributed by atoms with Gasteiger partial charge in [-0.3, -0.25) is 14.4 Å². The van der Waals surface area contributed by atoms with E-state index in [4.69, 9.17) is 0 Å². The summed E-state index contributed by atoms with van der Waals surface area (Å²) in [5.74, 6) is -1.72. The van der Waals surface area contributed by atoms with Gasteiger partial charge in [0, 0.05) is 22.8 Å². The van der Waals surface area contributed by atoms with Crippen molar-refractivity contribution in [2.24, 2.45) is 17.8 Å². The van der Waals surface area contributed by atoms with Gasteiger partial charge in [-0.2, -0.15) is 0 Å². The molecule has 1 spiro atoms. The number of carbonyl (C=O) groups is 3. The Morgan fingerprint density at radius 1 is 1.32 bits per heavy atom. The monoisotopic (exact) mass is 551 g/mol. The number of aliphatic hydroxyl groups excluding tert-OH is 1. The first kappa shape index (κ1) is 25.5. The fraction of sp³-hybridized carbons (Fsp3) is 0.640. The predicted molar refractivity (Wildman–Crippen MR) is 138 cm³/mol. The number of alkyl halides is 1. The molecule has 3 heterocycles. The first-order valence-electron chi connectivity index (χ1n) is 12.0. The molecule has 1 aromatic carbocycles. The lowest BCUT2D eigenvalue weighted by Crippen LogP contribution is -2.56. The van der Waals surface area contributed by atoms with Gasteiger partial charge in [-0.25, -0.2) is 0 Å². The lowest BCUT2D eigenvalue weighted by Gasteiger charge is -2.39. The van der Waals surface area contributed by atoms with Gasteiger partial charge in [-0.15, -0.1) is 11.8 Å². The maximum absolute atomic E-state index is 14.0. The Balaban J connectivity index is 1.81. The molecule has 0 aliphatic carbocycles. The van der Waals surface area contributed by atoms with E-state index >= 15 is 0 Å². The number of hydrogen-bond donors (Lipinski definition) is 3. The van der Waals surface area contributed by atoms with Crippen molar-refractivity contribution >= 4 is 51.1 Å². The summed E-state index contributed by atoms with van der Waals surface area (Å²) in [5, 5.41) is 16.1. The summed E-state index contributed by atoms with van der Waals surface area (Å²) in [5.41, 5.74) is 2.69. The van der Waals surface area contributed by atoms with Crippen LogP contribution in [0.1, 0.15) is 37.8 Å². The lowest BCUT2D eigenvalue weighted by molar-refractivity contribution is -0.143. The van der Waals surface area contributed by atoms with E-state index < -0.39 is 28.7 Å². The van der Waals surface area contributed by atoms with Gasteiger partial charge in [0.2, 0.25) is 17.7 Å². The van der Waals surface area contributed by atoms with Crippen molar-refractivity contribution in [1.82, 2.24) is 10.2 Å². The maximum Gasteiger partial charge on any atom is 0.248 e. The first-order chi connectivity index (χ1) is 16.1. The van der Waals surface area contributed by atoms with Crippen molar-refractivity contribution < 1.29 is 19.5 Å². The highest BCUT2D eigenvalue weighted by Crippen LogP contribution is 2.68. The first-order valence-corrected chi connectivity index (χ1v) is 13.7. The fourth-order valence-electron chi connectivity index (χ4n) is 6.08. The molecule has 0 aromatic heterocycles. The van der Waals surface area contributed by atoms with Gasteiger partial charge in [-0.05, 0) is 43.4 Å². The average Bonchev–Trinajstić information content (AvgIpc) is 3.40. The summed E-state index contributed by atoms with van der Waals surface area (Å²) in [7, 11) is 1.59. The van der Waals surface area contributed by atoms with Crippen molar-refractivity contribution in [2.75, 3.05) is 19.0 Å². The zero-order chi connectivity index (χ0) is 24.9. The minimum absolute atomic E-state index is 0.000557. The molecule has 3 aliphatic rings. The summed E-state index contributed by atoms with van der Waals surface area (Å²) < 4.78 is -0.726. The molecule has 3 aliphatic heterocycles. The summed E-state index contributed by atoms with van der Waals surface area (Å²) in [6.07, 6.45) is 1.37. The number of likely N-dealkylation sites (tertiary alicyclic amines) is 1.